The lowest BCUT2D eigenvalue weighted by atomic mass is 10.2. The first-order valence-electron chi connectivity index (χ1n) is 8.08. The van der Waals surface area contributed by atoms with Crippen LogP contribution in [-0.4, -0.2) is 35.6 Å². The van der Waals surface area contributed by atoms with Gasteiger partial charge < -0.3 is 4.74 Å². The summed E-state index contributed by atoms with van der Waals surface area (Å²) >= 11 is 5.90. The predicted octanol–water partition coefficient (Wildman–Crippen LogP) is 2.52. The SMILES string of the molecule is COc1ccc(N2C(=O)CCS2(=O)=O)cc1S(=O)(=O)Nc1ccc(Cl)cc1C. The third-order valence-corrected chi connectivity index (χ3v) is 7.50. The number of rotatable bonds is 5. The van der Waals surface area contributed by atoms with Crippen molar-refractivity contribution in [2.24, 2.45) is 0 Å². The maximum Gasteiger partial charge on any atom is 0.265 e. The third-order valence-electron chi connectivity index (χ3n) is 4.18. The van der Waals surface area contributed by atoms with Crippen molar-refractivity contribution in [2.45, 2.75) is 18.2 Å². The molecule has 0 bridgehead atoms. The Morgan fingerprint density at radius 1 is 1.18 bits per heavy atom. The third kappa shape index (κ3) is 3.80. The number of carbonyl (C=O) groups is 1. The Kier molecular flexibility index (Phi) is 5.30. The summed E-state index contributed by atoms with van der Waals surface area (Å²) in [5.41, 5.74) is 0.849. The van der Waals surface area contributed by atoms with Crippen LogP contribution in [0.2, 0.25) is 5.02 Å². The van der Waals surface area contributed by atoms with E-state index in [0.29, 0.717) is 20.6 Å². The fourth-order valence-electron chi connectivity index (χ4n) is 2.81. The summed E-state index contributed by atoms with van der Waals surface area (Å²) in [4.78, 5) is 11.7. The number of nitrogens with one attached hydrogen (secondary N) is 1. The van der Waals surface area contributed by atoms with Crippen molar-refractivity contribution in [3.8, 4) is 5.75 Å². The van der Waals surface area contributed by atoms with Crippen LogP contribution in [0.15, 0.2) is 41.3 Å². The molecule has 11 heteroatoms. The fraction of sp³-hybridized carbons (Fsp3) is 0.235. The molecule has 1 aliphatic rings. The lowest BCUT2D eigenvalue weighted by Crippen LogP contribution is -2.29. The van der Waals surface area contributed by atoms with Gasteiger partial charge in [0.2, 0.25) is 15.9 Å². The molecular formula is C17H17ClN2O6S2. The zero-order valence-corrected chi connectivity index (χ0v) is 17.4. The molecule has 2 aromatic carbocycles. The topological polar surface area (TPSA) is 110 Å². The molecule has 0 spiro atoms. The van der Waals surface area contributed by atoms with Crippen LogP contribution in [-0.2, 0) is 24.8 Å². The number of methoxy groups -OCH3 is 1. The zero-order valence-electron chi connectivity index (χ0n) is 15.0. The van der Waals surface area contributed by atoms with Gasteiger partial charge in [0.25, 0.3) is 10.0 Å². The molecule has 0 radical (unpaired) electrons. The lowest BCUT2D eigenvalue weighted by molar-refractivity contribution is -0.116. The predicted molar refractivity (Wildman–Crippen MR) is 106 cm³/mol. The molecule has 28 heavy (non-hydrogen) atoms. The number of amides is 1. The molecule has 0 aromatic heterocycles. The number of nitrogens with zero attached hydrogens (tertiary/aromatic N) is 1. The average Bonchev–Trinajstić information content (AvgIpc) is 2.89. The van der Waals surface area contributed by atoms with E-state index < -0.39 is 26.0 Å². The highest BCUT2D eigenvalue weighted by Crippen LogP contribution is 2.34. The molecule has 1 saturated heterocycles. The quantitative estimate of drug-likeness (QED) is 0.758. The van der Waals surface area contributed by atoms with E-state index in [1.807, 2.05) is 0 Å². The number of ether oxygens (including phenoxy) is 1. The molecule has 1 aliphatic heterocycles. The number of sulfonamides is 2. The molecule has 0 saturated carbocycles. The van der Waals surface area contributed by atoms with Crippen molar-refractivity contribution < 1.29 is 26.4 Å². The zero-order chi connectivity index (χ0) is 20.7. The lowest BCUT2D eigenvalue weighted by Gasteiger charge is -2.18. The minimum Gasteiger partial charge on any atom is -0.495 e. The minimum atomic E-state index is -4.15. The Labute approximate surface area is 168 Å². The molecule has 1 fully saturated rings. The van der Waals surface area contributed by atoms with Crippen molar-refractivity contribution in [1.29, 1.82) is 0 Å². The van der Waals surface area contributed by atoms with Gasteiger partial charge in [-0.05, 0) is 48.9 Å². The van der Waals surface area contributed by atoms with Crippen LogP contribution < -0.4 is 13.8 Å². The minimum absolute atomic E-state index is 0.00640. The monoisotopic (exact) mass is 444 g/mol. The van der Waals surface area contributed by atoms with Crippen LogP contribution in [0.25, 0.3) is 0 Å². The van der Waals surface area contributed by atoms with Gasteiger partial charge in [-0.3, -0.25) is 9.52 Å². The fourth-order valence-corrected chi connectivity index (χ4v) is 5.81. The van der Waals surface area contributed by atoms with Gasteiger partial charge in [-0.25, -0.2) is 21.1 Å². The van der Waals surface area contributed by atoms with E-state index in [9.17, 15) is 21.6 Å². The Morgan fingerprint density at radius 2 is 1.89 bits per heavy atom. The van der Waals surface area contributed by atoms with Gasteiger partial charge in [-0.15, -0.1) is 0 Å². The summed E-state index contributed by atoms with van der Waals surface area (Å²) in [6.07, 6.45) is -0.154. The van der Waals surface area contributed by atoms with Crippen LogP contribution >= 0.6 is 11.6 Å². The van der Waals surface area contributed by atoms with Crippen LogP contribution in [0.3, 0.4) is 0 Å². The second-order valence-corrected chi connectivity index (χ2v) is 10.1. The van der Waals surface area contributed by atoms with Crippen LogP contribution in [0, 0.1) is 6.92 Å². The first kappa shape index (κ1) is 20.4. The number of hydrogen-bond acceptors (Lipinski definition) is 6. The van der Waals surface area contributed by atoms with Gasteiger partial charge in [0, 0.05) is 11.4 Å². The van der Waals surface area contributed by atoms with E-state index in [1.165, 1.54) is 31.4 Å². The maximum atomic E-state index is 13.0. The van der Waals surface area contributed by atoms with E-state index in [0.717, 1.165) is 6.07 Å². The van der Waals surface area contributed by atoms with E-state index in [1.54, 1.807) is 13.0 Å². The largest absolute Gasteiger partial charge is 0.495 e. The average molecular weight is 445 g/mol. The normalized spacial score (nSPS) is 16.2. The Bertz CT molecular complexity index is 1160. The number of carbonyl (C=O) groups excluding carboxylic acids is 1. The van der Waals surface area contributed by atoms with E-state index in [4.69, 9.17) is 16.3 Å². The molecular weight excluding hydrogens is 428 g/mol. The summed E-state index contributed by atoms with van der Waals surface area (Å²) in [7, 11) is -6.69. The number of aryl methyl sites for hydroxylation is 1. The molecule has 0 aliphatic carbocycles. The Morgan fingerprint density at radius 3 is 2.46 bits per heavy atom. The van der Waals surface area contributed by atoms with E-state index in [-0.39, 0.29) is 28.5 Å². The maximum absolute atomic E-state index is 13.0. The molecule has 3 rings (SSSR count). The molecule has 1 amide bonds. The smallest absolute Gasteiger partial charge is 0.265 e. The Balaban J connectivity index is 2.08. The summed E-state index contributed by atoms with van der Waals surface area (Å²) in [6, 6.07) is 8.39. The highest BCUT2D eigenvalue weighted by molar-refractivity contribution is 7.94. The highest BCUT2D eigenvalue weighted by Gasteiger charge is 2.37. The molecule has 1 heterocycles. The van der Waals surface area contributed by atoms with Gasteiger partial charge >= 0.3 is 0 Å². The van der Waals surface area contributed by atoms with Gasteiger partial charge in [-0.2, -0.15) is 0 Å². The molecule has 0 unspecified atom stereocenters. The summed E-state index contributed by atoms with van der Waals surface area (Å²) < 4.78 is 58.4. The highest BCUT2D eigenvalue weighted by atomic mass is 35.5. The van der Waals surface area contributed by atoms with Crippen molar-refractivity contribution >= 4 is 48.9 Å². The molecule has 0 atom stereocenters. The number of hydrogen-bond donors (Lipinski definition) is 1. The molecule has 150 valence electrons. The number of benzene rings is 2. The van der Waals surface area contributed by atoms with E-state index >= 15 is 0 Å². The molecule has 2 aromatic rings. The molecule has 8 nitrogen and oxygen atoms in total. The van der Waals surface area contributed by atoms with Gasteiger partial charge in [0.05, 0.1) is 24.2 Å². The van der Waals surface area contributed by atoms with Crippen molar-refractivity contribution in [3.63, 3.8) is 0 Å². The van der Waals surface area contributed by atoms with Crippen LogP contribution in [0.1, 0.15) is 12.0 Å². The van der Waals surface area contributed by atoms with Gasteiger partial charge in [-0.1, -0.05) is 11.6 Å². The first-order valence-corrected chi connectivity index (χ1v) is 11.5. The van der Waals surface area contributed by atoms with Gasteiger partial charge in [0.1, 0.15) is 10.6 Å². The summed E-state index contributed by atoms with van der Waals surface area (Å²) in [5.74, 6) is -0.927. The first-order chi connectivity index (χ1) is 13.0. The summed E-state index contributed by atoms with van der Waals surface area (Å²) in [5, 5.41) is 0.456. The van der Waals surface area contributed by atoms with E-state index in [2.05, 4.69) is 4.72 Å². The number of anilines is 2. The van der Waals surface area contributed by atoms with Crippen molar-refractivity contribution in [2.75, 3.05) is 21.9 Å². The number of halogens is 1. The van der Waals surface area contributed by atoms with Gasteiger partial charge in [0.15, 0.2) is 0 Å². The standard InChI is InChI=1S/C17H17ClN2O6S2/c1-11-9-12(18)3-5-14(11)19-28(24,25)16-10-13(4-6-15(16)26-2)20-17(21)7-8-27(20,22)23/h3-6,9-10,19H,7-8H2,1-2H3. The van der Waals surface area contributed by atoms with Crippen molar-refractivity contribution in [1.82, 2.24) is 0 Å². The Hall–Kier alpha value is -2.30. The molecule has 1 N–H and O–H groups in total. The van der Waals surface area contributed by atoms with Crippen LogP contribution in [0.4, 0.5) is 11.4 Å². The van der Waals surface area contributed by atoms with Crippen LogP contribution in [0.5, 0.6) is 5.75 Å². The summed E-state index contributed by atoms with van der Waals surface area (Å²) in [6.45, 7) is 1.69. The second kappa shape index (κ2) is 7.26. The second-order valence-electron chi connectivity index (χ2n) is 6.12. The van der Waals surface area contributed by atoms with Crippen molar-refractivity contribution in [3.05, 3.63) is 47.0 Å².